The maximum atomic E-state index is 11.6. The molecule has 0 spiro atoms. The van der Waals surface area contributed by atoms with E-state index >= 15 is 0 Å². The van der Waals surface area contributed by atoms with Crippen molar-refractivity contribution < 1.29 is 0 Å². The lowest BCUT2D eigenvalue weighted by molar-refractivity contribution is 0.810. The minimum atomic E-state index is -0.338. The molecule has 6 nitrogen and oxygen atoms in total. The Morgan fingerprint density at radius 1 is 1.39 bits per heavy atom. The number of hydrogen-bond acceptors (Lipinski definition) is 4. The van der Waals surface area contributed by atoms with Crippen molar-refractivity contribution in [3.63, 3.8) is 0 Å². The molecule has 0 unspecified atom stereocenters. The van der Waals surface area contributed by atoms with Gasteiger partial charge in [0.15, 0.2) is 0 Å². The third kappa shape index (κ3) is 1.64. The SMILES string of the molecule is Nc1nc(=O)c2[nH]ccc2n1Cc1cccnc1. The zero-order valence-electron chi connectivity index (χ0n) is 9.50. The Morgan fingerprint density at radius 2 is 2.28 bits per heavy atom. The fourth-order valence-electron chi connectivity index (χ4n) is 1.94. The molecule has 3 N–H and O–H groups in total. The van der Waals surface area contributed by atoms with Crippen LogP contribution < -0.4 is 11.3 Å². The van der Waals surface area contributed by atoms with Gasteiger partial charge in [0.05, 0.1) is 12.1 Å². The minimum Gasteiger partial charge on any atom is -0.369 e. The first-order valence-electron chi connectivity index (χ1n) is 5.48. The molecule has 0 saturated carbocycles. The molecule has 0 aliphatic carbocycles. The van der Waals surface area contributed by atoms with Crippen molar-refractivity contribution in [3.05, 3.63) is 52.7 Å². The van der Waals surface area contributed by atoms with Crippen molar-refractivity contribution >= 4 is 17.0 Å². The normalized spacial score (nSPS) is 10.9. The molecular weight excluding hydrogens is 230 g/mol. The van der Waals surface area contributed by atoms with Gasteiger partial charge < -0.3 is 15.3 Å². The second-order valence-electron chi connectivity index (χ2n) is 3.96. The number of nitrogens with two attached hydrogens (primary N) is 1. The van der Waals surface area contributed by atoms with E-state index in [1.807, 2.05) is 18.2 Å². The summed E-state index contributed by atoms with van der Waals surface area (Å²) >= 11 is 0. The summed E-state index contributed by atoms with van der Waals surface area (Å²) in [5, 5.41) is 0. The molecular formula is C12H11N5O. The van der Waals surface area contributed by atoms with Crippen LogP contribution in [0.2, 0.25) is 0 Å². The Labute approximate surface area is 102 Å². The monoisotopic (exact) mass is 241 g/mol. The van der Waals surface area contributed by atoms with Gasteiger partial charge in [0.25, 0.3) is 5.56 Å². The van der Waals surface area contributed by atoms with Gasteiger partial charge >= 0.3 is 0 Å². The number of fused-ring (bicyclic) bond motifs is 1. The fourth-order valence-corrected chi connectivity index (χ4v) is 1.94. The van der Waals surface area contributed by atoms with E-state index in [1.54, 1.807) is 23.2 Å². The number of nitrogens with one attached hydrogen (secondary N) is 1. The van der Waals surface area contributed by atoms with Crippen LogP contribution in [0.3, 0.4) is 0 Å². The predicted octanol–water partition coefficient (Wildman–Crippen LogP) is 0.750. The van der Waals surface area contributed by atoms with Gasteiger partial charge in [-0.25, -0.2) is 0 Å². The highest BCUT2D eigenvalue weighted by atomic mass is 16.1. The maximum absolute atomic E-state index is 11.6. The quantitative estimate of drug-likeness (QED) is 0.692. The van der Waals surface area contributed by atoms with Crippen LogP contribution >= 0.6 is 0 Å². The summed E-state index contributed by atoms with van der Waals surface area (Å²) < 4.78 is 1.78. The summed E-state index contributed by atoms with van der Waals surface area (Å²) in [4.78, 5) is 22.3. The Kier molecular flexibility index (Phi) is 2.33. The average molecular weight is 241 g/mol. The maximum Gasteiger partial charge on any atom is 0.298 e. The van der Waals surface area contributed by atoms with Crippen molar-refractivity contribution in [1.82, 2.24) is 19.5 Å². The summed E-state index contributed by atoms with van der Waals surface area (Å²) in [5.74, 6) is 0.205. The van der Waals surface area contributed by atoms with Crippen LogP contribution in [0, 0.1) is 0 Å². The van der Waals surface area contributed by atoms with E-state index in [9.17, 15) is 4.79 Å². The number of hydrogen-bond donors (Lipinski definition) is 2. The molecule has 0 saturated heterocycles. The molecule has 0 fully saturated rings. The molecule has 0 radical (unpaired) electrons. The van der Waals surface area contributed by atoms with Gasteiger partial charge in [-0.15, -0.1) is 0 Å². The Bertz CT molecular complexity index is 744. The number of pyridine rings is 1. The minimum absolute atomic E-state index is 0.205. The number of aromatic amines is 1. The first-order valence-corrected chi connectivity index (χ1v) is 5.48. The van der Waals surface area contributed by atoms with E-state index in [1.165, 1.54) is 0 Å². The third-order valence-electron chi connectivity index (χ3n) is 2.79. The lowest BCUT2D eigenvalue weighted by Crippen LogP contribution is -2.18. The van der Waals surface area contributed by atoms with Gasteiger partial charge in [0.1, 0.15) is 5.52 Å². The van der Waals surface area contributed by atoms with Gasteiger partial charge in [-0.2, -0.15) is 4.98 Å². The zero-order chi connectivity index (χ0) is 12.5. The molecule has 3 heterocycles. The van der Waals surface area contributed by atoms with E-state index in [-0.39, 0.29) is 11.5 Å². The Morgan fingerprint density at radius 3 is 3.06 bits per heavy atom. The first kappa shape index (κ1) is 10.5. The predicted molar refractivity (Wildman–Crippen MR) is 68.1 cm³/mol. The summed E-state index contributed by atoms with van der Waals surface area (Å²) in [6.07, 6.45) is 5.17. The van der Waals surface area contributed by atoms with Gasteiger partial charge in [-0.05, 0) is 17.7 Å². The van der Waals surface area contributed by atoms with Crippen molar-refractivity contribution in [2.24, 2.45) is 0 Å². The number of rotatable bonds is 2. The van der Waals surface area contributed by atoms with E-state index in [0.29, 0.717) is 12.1 Å². The molecule has 6 heteroatoms. The largest absolute Gasteiger partial charge is 0.369 e. The number of aromatic nitrogens is 4. The summed E-state index contributed by atoms with van der Waals surface area (Å²) in [6, 6.07) is 5.62. The van der Waals surface area contributed by atoms with Crippen LogP contribution in [0.15, 0.2) is 41.6 Å². The number of nitrogen functional groups attached to an aromatic ring is 1. The lowest BCUT2D eigenvalue weighted by Gasteiger charge is -2.10. The number of H-pyrrole nitrogens is 1. The molecule has 0 aromatic carbocycles. The summed E-state index contributed by atoms with van der Waals surface area (Å²) in [7, 11) is 0. The van der Waals surface area contributed by atoms with E-state index in [4.69, 9.17) is 5.73 Å². The first-order chi connectivity index (χ1) is 8.75. The second-order valence-corrected chi connectivity index (χ2v) is 3.96. The van der Waals surface area contributed by atoms with Crippen molar-refractivity contribution in [2.45, 2.75) is 6.54 Å². The van der Waals surface area contributed by atoms with Crippen molar-refractivity contribution in [1.29, 1.82) is 0 Å². The molecule has 90 valence electrons. The van der Waals surface area contributed by atoms with Crippen LogP contribution in [-0.2, 0) is 6.54 Å². The molecule has 3 aromatic rings. The molecule has 0 aliphatic heterocycles. The van der Waals surface area contributed by atoms with Crippen LogP contribution in [0.25, 0.3) is 11.0 Å². The lowest BCUT2D eigenvalue weighted by atomic mass is 10.3. The fraction of sp³-hybridized carbons (Fsp3) is 0.0833. The molecule has 0 aliphatic rings. The van der Waals surface area contributed by atoms with E-state index in [0.717, 1.165) is 11.1 Å². The molecule has 0 amide bonds. The second kappa shape index (κ2) is 3.99. The van der Waals surface area contributed by atoms with Crippen LogP contribution in [-0.4, -0.2) is 19.5 Å². The zero-order valence-corrected chi connectivity index (χ0v) is 9.50. The Hall–Kier alpha value is -2.63. The highest BCUT2D eigenvalue weighted by Crippen LogP contribution is 2.13. The summed E-state index contributed by atoms with van der Waals surface area (Å²) in [5.41, 5.74) is 7.68. The highest BCUT2D eigenvalue weighted by Gasteiger charge is 2.09. The topological polar surface area (TPSA) is 89.6 Å². The Balaban J connectivity index is 2.17. The average Bonchev–Trinajstić information content (AvgIpc) is 2.85. The van der Waals surface area contributed by atoms with Crippen LogP contribution in [0.5, 0.6) is 0 Å². The third-order valence-corrected chi connectivity index (χ3v) is 2.79. The number of nitrogens with zero attached hydrogens (tertiary/aromatic N) is 3. The molecule has 18 heavy (non-hydrogen) atoms. The van der Waals surface area contributed by atoms with Gasteiger partial charge in [0.2, 0.25) is 5.95 Å². The molecule has 3 rings (SSSR count). The van der Waals surface area contributed by atoms with Gasteiger partial charge in [0, 0.05) is 18.6 Å². The number of anilines is 1. The van der Waals surface area contributed by atoms with Crippen molar-refractivity contribution in [2.75, 3.05) is 5.73 Å². The van der Waals surface area contributed by atoms with Crippen LogP contribution in [0.4, 0.5) is 5.95 Å². The van der Waals surface area contributed by atoms with Gasteiger partial charge in [-0.1, -0.05) is 6.07 Å². The van der Waals surface area contributed by atoms with Crippen molar-refractivity contribution in [3.8, 4) is 0 Å². The van der Waals surface area contributed by atoms with E-state index < -0.39 is 0 Å². The molecule has 0 bridgehead atoms. The summed E-state index contributed by atoms with van der Waals surface area (Å²) in [6.45, 7) is 0.529. The molecule has 0 atom stereocenters. The highest BCUT2D eigenvalue weighted by molar-refractivity contribution is 5.75. The smallest absolute Gasteiger partial charge is 0.298 e. The standard InChI is InChI=1S/C12H11N5O/c13-12-16-11(18)10-9(3-5-15-10)17(12)7-8-2-1-4-14-6-8/h1-6,15H,7H2,(H2,13,16,18). The van der Waals surface area contributed by atoms with E-state index in [2.05, 4.69) is 15.0 Å². The van der Waals surface area contributed by atoms with Gasteiger partial charge in [-0.3, -0.25) is 9.78 Å². The molecule has 3 aromatic heterocycles. The van der Waals surface area contributed by atoms with Crippen LogP contribution in [0.1, 0.15) is 5.56 Å².